The zero-order valence-corrected chi connectivity index (χ0v) is 11.8. The Bertz CT molecular complexity index is 410. The van der Waals surface area contributed by atoms with Gasteiger partial charge in [-0.2, -0.15) is 0 Å². The van der Waals surface area contributed by atoms with Gasteiger partial charge in [-0.05, 0) is 30.5 Å². The van der Waals surface area contributed by atoms with Gasteiger partial charge in [-0.1, -0.05) is 36.2 Å². The van der Waals surface area contributed by atoms with Crippen LogP contribution in [-0.2, 0) is 11.2 Å². The molecular weight excluding hydrogens is 273 g/mol. The van der Waals surface area contributed by atoms with E-state index in [0.29, 0.717) is 29.4 Å². The van der Waals surface area contributed by atoms with E-state index in [1.54, 1.807) is 18.2 Å². The van der Waals surface area contributed by atoms with Gasteiger partial charge in [0, 0.05) is 6.54 Å². The van der Waals surface area contributed by atoms with Crippen LogP contribution >= 0.6 is 23.2 Å². The Balaban J connectivity index is 2.38. The van der Waals surface area contributed by atoms with E-state index >= 15 is 0 Å². The minimum atomic E-state index is -0.352. The summed E-state index contributed by atoms with van der Waals surface area (Å²) >= 11 is 11.7. The van der Waals surface area contributed by atoms with Gasteiger partial charge in [0.2, 0.25) is 5.91 Å². The molecule has 0 aliphatic rings. The summed E-state index contributed by atoms with van der Waals surface area (Å²) in [6.07, 6.45) is 1.18. The molecule has 18 heavy (non-hydrogen) atoms. The molecule has 2 N–H and O–H groups in total. The van der Waals surface area contributed by atoms with E-state index in [-0.39, 0.29) is 18.4 Å². The highest BCUT2D eigenvalue weighted by atomic mass is 35.5. The van der Waals surface area contributed by atoms with E-state index < -0.39 is 0 Å². The fraction of sp³-hybridized carbons (Fsp3) is 0.462. The first-order valence-corrected chi connectivity index (χ1v) is 6.67. The lowest BCUT2D eigenvalue weighted by Crippen LogP contribution is -2.28. The topological polar surface area (TPSA) is 49.3 Å². The summed E-state index contributed by atoms with van der Waals surface area (Å²) in [5.41, 5.74) is 0.818. The van der Waals surface area contributed by atoms with Gasteiger partial charge in [0.15, 0.2) is 0 Å². The number of aliphatic hydroxyl groups is 1. The Kier molecular flexibility index (Phi) is 6.47. The lowest BCUT2D eigenvalue weighted by atomic mass is 10.1. The Hall–Kier alpha value is -0.770. The number of benzene rings is 1. The van der Waals surface area contributed by atoms with Crippen molar-refractivity contribution in [1.29, 1.82) is 0 Å². The van der Waals surface area contributed by atoms with Crippen molar-refractivity contribution in [3.63, 3.8) is 0 Å². The smallest absolute Gasteiger partial charge is 0.224 e. The van der Waals surface area contributed by atoms with Gasteiger partial charge in [-0.3, -0.25) is 4.79 Å². The quantitative estimate of drug-likeness (QED) is 0.846. The molecule has 0 aromatic heterocycles. The second kappa shape index (κ2) is 7.62. The second-order valence-corrected chi connectivity index (χ2v) is 4.94. The number of carbonyl (C=O) groups is 1. The molecule has 0 saturated carbocycles. The molecule has 0 spiro atoms. The number of hydrogen-bond donors (Lipinski definition) is 2. The monoisotopic (exact) mass is 289 g/mol. The molecule has 1 rings (SSSR count). The van der Waals surface area contributed by atoms with Crippen LogP contribution in [0.3, 0.4) is 0 Å². The first-order chi connectivity index (χ1) is 8.52. The van der Waals surface area contributed by atoms with E-state index in [9.17, 15) is 9.90 Å². The molecule has 1 amide bonds. The van der Waals surface area contributed by atoms with Crippen molar-refractivity contribution < 1.29 is 9.90 Å². The van der Waals surface area contributed by atoms with Crippen molar-refractivity contribution in [3.8, 4) is 0 Å². The molecule has 1 atom stereocenters. The molecule has 3 nitrogen and oxygen atoms in total. The van der Waals surface area contributed by atoms with E-state index in [0.717, 1.165) is 5.56 Å². The number of halogens is 2. The number of carbonyl (C=O) groups excluding carboxylic acids is 1. The van der Waals surface area contributed by atoms with E-state index in [1.807, 2.05) is 6.92 Å². The van der Waals surface area contributed by atoms with Gasteiger partial charge in [0.1, 0.15) is 0 Å². The third-order valence-electron chi connectivity index (χ3n) is 2.62. The lowest BCUT2D eigenvalue weighted by Gasteiger charge is -2.09. The minimum absolute atomic E-state index is 0.0864. The number of rotatable bonds is 6. The van der Waals surface area contributed by atoms with Crippen molar-refractivity contribution >= 4 is 29.1 Å². The van der Waals surface area contributed by atoms with E-state index in [2.05, 4.69) is 5.32 Å². The molecule has 0 heterocycles. The normalized spacial score (nSPS) is 12.2. The first-order valence-electron chi connectivity index (χ1n) is 5.91. The second-order valence-electron chi connectivity index (χ2n) is 4.13. The Labute approximate surface area is 117 Å². The van der Waals surface area contributed by atoms with Crippen molar-refractivity contribution in [1.82, 2.24) is 5.32 Å². The van der Waals surface area contributed by atoms with Crippen LogP contribution in [0.4, 0.5) is 0 Å². The molecule has 0 aliphatic heterocycles. The van der Waals surface area contributed by atoms with Crippen LogP contribution in [0.15, 0.2) is 18.2 Å². The highest BCUT2D eigenvalue weighted by molar-refractivity contribution is 6.42. The summed E-state index contributed by atoms with van der Waals surface area (Å²) in [5.74, 6) is -0.0864. The summed E-state index contributed by atoms with van der Waals surface area (Å²) < 4.78 is 0. The van der Waals surface area contributed by atoms with Crippen LogP contribution in [0.2, 0.25) is 10.0 Å². The Morgan fingerprint density at radius 1 is 1.39 bits per heavy atom. The maximum Gasteiger partial charge on any atom is 0.224 e. The average Bonchev–Trinajstić information content (AvgIpc) is 2.33. The molecule has 1 aromatic rings. The molecule has 0 bridgehead atoms. The van der Waals surface area contributed by atoms with Crippen molar-refractivity contribution in [2.45, 2.75) is 32.3 Å². The van der Waals surface area contributed by atoms with Crippen LogP contribution < -0.4 is 5.32 Å². The largest absolute Gasteiger partial charge is 0.393 e. The van der Waals surface area contributed by atoms with Crippen molar-refractivity contribution in [2.24, 2.45) is 0 Å². The zero-order chi connectivity index (χ0) is 13.5. The third kappa shape index (κ3) is 5.25. The van der Waals surface area contributed by atoms with Crippen molar-refractivity contribution in [2.75, 3.05) is 6.54 Å². The lowest BCUT2D eigenvalue weighted by molar-refractivity contribution is -0.120. The summed E-state index contributed by atoms with van der Waals surface area (Å²) in [7, 11) is 0. The highest BCUT2D eigenvalue weighted by Crippen LogP contribution is 2.22. The highest BCUT2D eigenvalue weighted by Gasteiger charge is 2.06. The van der Waals surface area contributed by atoms with Crippen LogP contribution in [-0.4, -0.2) is 23.7 Å². The number of nitrogens with one attached hydrogen (secondary N) is 1. The third-order valence-corrected chi connectivity index (χ3v) is 3.36. The number of amides is 1. The van der Waals surface area contributed by atoms with Crippen LogP contribution in [0.1, 0.15) is 25.3 Å². The van der Waals surface area contributed by atoms with E-state index in [4.69, 9.17) is 23.2 Å². The minimum Gasteiger partial charge on any atom is -0.393 e. The molecule has 0 aliphatic carbocycles. The van der Waals surface area contributed by atoms with E-state index in [1.165, 1.54) is 0 Å². The zero-order valence-electron chi connectivity index (χ0n) is 10.2. The van der Waals surface area contributed by atoms with Crippen LogP contribution in [0, 0.1) is 0 Å². The maximum atomic E-state index is 11.6. The van der Waals surface area contributed by atoms with Crippen molar-refractivity contribution in [3.05, 3.63) is 33.8 Å². The molecule has 0 fully saturated rings. The standard InChI is InChI=1S/C13H17Cl2NO2/c1-2-10(17)5-6-16-13(18)8-9-3-4-11(14)12(15)7-9/h3-4,7,10,17H,2,5-6,8H2,1H3,(H,16,18). The van der Waals surface area contributed by atoms with Gasteiger partial charge in [-0.25, -0.2) is 0 Å². The summed E-state index contributed by atoms with van der Waals surface area (Å²) in [6, 6.07) is 5.13. The molecule has 5 heteroatoms. The molecule has 1 aromatic carbocycles. The fourth-order valence-corrected chi connectivity index (χ4v) is 1.80. The predicted octanol–water partition coefficient (Wildman–Crippen LogP) is 2.81. The van der Waals surface area contributed by atoms with Crippen LogP contribution in [0.5, 0.6) is 0 Å². The molecular formula is C13H17Cl2NO2. The number of hydrogen-bond acceptors (Lipinski definition) is 2. The fourth-order valence-electron chi connectivity index (χ4n) is 1.48. The summed E-state index contributed by atoms with van der Waals surface area (Å²) in [4.78, 5) is 11.6. The SMILES string of the molecule is CCC(O)CCNC(=O)Cc1ccc(Cl)c(Cl)c1. The average molecular weight is 290 g/mol. The first kappa shape index (κ1) is 15.3. The predicted molar refractivity (Wildman–Crippen MR) is 74.1 cm³/mol. The molecule has 0 saturated heterocycles. The van der Waals surface area contributed by atoms with Gasteiger partial charge in [0.25, 0.3) is 0 Å². The number of aliphatic hydroxyl groups excluding tert-OH is 1. The van der Waals surface area contributed by atoms with Gasteiger partial charge >= 0.3 is 0 Å². The van der Waals surface area contributed by atoms with Gasteiger partial charge in [-0.15, -0.1) is 0 Å². The van der Waals surface area contributed by atoms with Gasteiger partial charge < -0.3 is 10.4 Å². The Morgan fingerprint density at radius 2 is 2.11 bits per heavy atom. The maximum absolute atomic E-state index is 11.6. The molecule has 0 radical (unpaired) electrons. The summed E-state index contributed by atoms with van der Waals surface area (Å²) in [5, 5.41) is 13.0. The summed E-state index contributed by atoms with van der Waals surface area (Å²) in [6.45, 7) is 2.39. The van der Waals surface area contributed by atoms with Gasteiger partial charge in [0.05, 0.1) is 22.6 Å². The Morgan fingerprint density at radius 3 is 2.72 bits per heavy atom. The molecule has 100 valence electrons. The van der Waals surface area contributed by atoms with Crippen LogP contribution in [0.25, 0.3) is 0 Å². The molecule has 1 unspecified atom stereocenters.